The fraction of sp³-hybridized carbons (Fsp3) is 0.0625. The predicted molar refractivity (Wildman–Crippen MR) is 74.4 cm³/mol. The fourth-order valence-electron chi connectivity index (χ4n) is 2.29. The molecule has 100 valence electrons. The van der Waals surface area contributed by atoms with Crippen LogP contribution in [0.25, 0.3) is 10.9 Å². The Bertz CT molecular complexity index is 792. The average molecular weight is 269 g/mol. The minimum absolute atomic E-state index is 0.247. The van der Waals surface area contributed by atoms with Crippen molar-refractivity contribution in [1.82, 2.24) is 4.57 Å². The van der Waals surface area contributed by atoms with Crippen LogP contribution in [0.15, 0.2) is 54.7 Å². The molecule has 3 rings (SSSR count). The normalized spacial score (nSPS) is 10.8. The summed E-state index contributed by atoms with van der Waals surface area (Å²) in [6.07, 6.45) is 1.88. The lowest BCUT2D eigenvalue weighted by Crippen LogP contribution is -2.00. The molecule has 0 radical (unpaired) electrons. The van der Waals surface area contributed by atoms with Gasteiger partial charge in [-0.15, -0.1) is 0 Å². The van der Waals surface area contributed by atoms with Gasteiger partial charge in [0.2, 0.25) is 0 Å². The lowest BCUT2D eigenvalue weighted by atomic mass is 10.1. The molecule has 4 heteroatoms. The highest BCUT2D eigenvalue weighted by Crippen LogP contribution is 2.19. The van der Waals surface area contributed by atoms with Crippen molar-refractivity contribution >= 4 is 16.9 Å². The number of halogens is 1. The van der Waals surface area contributed by atoms with Gasteiger partial charge in [0.05, 0.1) is 5.56 Å². The van der Waals surface area contributed by atoms with Gasteiger partial charge in [0.25, 0.3) is 0 Å². The molecule has 3 aromatic rings. The van der Waals surface area contributed by atoms with E-state index < -0.39 is 5.97 Å². The summed E-state index contributed by atoms with van der Waals surface area (Å²) in [5.74, 6) is -1.23. The molecule has 0 unspecified atom stereocenters. The van der Waals surface area contributed by atoms with Gasteiger partial charge < -0.3 is 9.67 Å². The zero-order valence-electron chi connectivity index (χ0n) is 10.6. The van der Waals surface area contributed by atoms with Crippen molar-refractivity contribution in [3.8, 4) is 0 Å². The third-order valence-electron chi connectivity index (χ3n) is 3.26. The molecule has 0 fully saturated rings. The van der Waals surface area contributed by atoms with Crippen molar-refractivity contribution in [3.63, 3.8) is 0 Å². The highest BCUT2D eigenvalue weighted by Gasteiger charge is 2.07. The van der Waals surface area contributed by atoms with E-state index in [0.29, 0.717) is 6.54 Å². The Balaban J connectivity index is 2.03. The van der Waals surface area contributed by atoms with Gasteiger partial charge in [0, 0.05) is 18.3 Å². The van der Waals surface area contributed by atoms with Crippen molar-refractivity contribution < 1.29 is 14.3 Å². The van der Waals surface area contributed by atoms with Crippen LogP contribution >= 0.6 is 0 Å². The predicted octanol–water partition coefficient (Wildman–Crippen LogP) is 3.53. The number of hydrogen-bond acceptors (Lipinski definition) is 1. The Kier molecular flexibility index (Phi) is 2.99. The highest BCUT2D eigenvalue weighted by molar-refractivity contribution is 5.93. The first-order valence-electron chi connectivity index (χ1n) is 6.20. The topological polar surface area (TPSA) is 42.2 Å². The van der Waals surface area contributed by atoms with E-state index in [1.54, 1.807) is 24.3 Å². The summed E-state index contributed by atoms with van der Waals surface area (Å²) >= 11 is 0. The van der Waals surface area contributed by atoms with E-state index in [2.05, 4.69) is 0 Å². The number of benzene rings is 2. The first kappa shape index (κ1) is 12.4. The maximum absolute atomic E-state index is 13.2. The second-order valence-corrected chi connectivity index (χ2v) is 4.65. The van der Waals surface area contributed by atoms with Crippen LogP contribution in [0.1, 0.15) is 15.9 Å². The number of aromatic carboxylic acids is 1. The maximum Gasteiger partial charge on any atom is 0.335 e. The Hall–Kier alpha value is -2.62. The molecule has 0 amide bonds. The fourth-order valence-corrected chi connectivity index (χ4v) is 2.29. The number of aromatic nitrogens is 1. The van der Waals surface area contributed by atoms with Crippen LogP contribution in [0, 0.1) is 5.82 Å². The van der Waals surface area contributed by atoms with Crippen molar-refractivity contribution in [2.45, 2.75) is 6.54 Å². The molecule has 0 aliphatic carbocycles. The van der Waals surface area contributed by atoms with Gasteiger partial charge in [-0.2, -0.15) is 0 Å². The maximum atomic E-state index is 13.2. The SMILES string of the molecule is O=C(O)c1ccc2ccn(Cc3cccc(F)c3)c2c1. The molecule has 1 N–H and O–H groups in total. The molecule has 2 aromatic carbocycles. The second kappa shape index (κ2) is 4.81. The molecular formula is C16H12FNO2. The van der Waals surface area contributed by atoms with Gasteiger partial charge in [-0.25, -0.2) is 9.18 Å². The van der Waals surface area contributed by atoms with Crippen molar-refractivity contribution in [3.05, 3.63) is 71.7 Å². The standard InChI is InChI=1S/C16H12FNO2/c17-14-3-1-2-11(8-14)10-18-7-6-12-4-5-13(16(19)20)9-15(12)18/h1-9H,10H2,(H,19,20). The second-order valence-electron chi connectivity index (χ2n) is 4.65. The first-order valence-corrected chi connectivity index (χ1v) is 6.20. The van der Waals surface area contributed by atoms with Gasteiger partial charge in [-0.05, 0) is 41.3 Å². The largest absolute Gasteiger partial charge is 0.478 e. The summed E-state index contributed by atoms with van der Waals surface area (Å²) < 4.78 is 15.1. The summed E-state index contributed by atoms with van der Waals surface area (Å²) in [4.78, 5) is 11.0. The van der Waals surface area contributed by atoms with Crippen LogP contribution in [0.2, 0.25) is 0 Å². The molecule has 0 atom stereocenters. The van der Waals surface area contributed by atoms with E-state index >= 15 is 0 Å². The summed E-state index contributed by atoms with van der Waals surface area (Å²) in [5, 5.41) is 10.0. The van der Waals surface area contributed by atoms with Crippen molar-refractivity contribution in [1.29, 1.82) is 0 Å². The molecule has 0 bridgehead atoms. The quantitative estimate of drug-likeness (QED) is 0.790. The number of carbonyl (C=O) groups is 1. The van der Waals surface area contributed by atoms with Gasteiger partial charge in [0.1, 0.15) is 5.82 Å². The number of hydrogen-bond donors (Lipinski definition) is 1. The lowest BCUT2D eigenvalue weighted by molar-refractivity contribution is 0.0697. The monoisotopic (exact) mass is 269 g/mol. The van der Waals surface area contributed by atoms with Crippen molar-refractivity contribution in [2.75, 3.05) is 0 Å². The van der Waals surface area contributed by atoms with Crippen molar-refractivity contribution in [2.24, 2.45) is 0 Å². The van der Waals surface area contributed by atoms with Crippen LogP contribution in [0.3, 0.4) is 0 Å². The molecule has 0 aliphatic heterocycles. The molecule has 0 saturated carbocycles. The lowest BCUT2D eigenvalue weighted by Gasteiger charge is -2.06. The molecule has 3 nitrogen and oxygen atoms in total. The van der Waals surface area contributed by atoms with E-state index in [4.69, 9.17) is 5.11 Å². The number of carboxylic acids is 1. The number of rotatable bonds is 3. The summed E-state index contributed by atoms with van der Waals surface area (Å²) in [7, 11) is 0. The minimum atomic E-state index is -0.953. The zero-order chi connectivity index (χ0) is 14.1. The van der Waals surface area contributed by atoms with Gasteiger partial charge >= 0.3 is 5.97 Å². The highest BCUT2D eigenvalue weighted by atomic mass is 19.1. The third kappa shape index (κ3) is 2.28. The van der Waals surface area contributed by atoms with E-state index in [1.165, 1.54) is 12.1 Å². The van der Waals surface area contributed by atoms with Gasteiger partial charge in [-0.3, -0.25) is 0 Å². The van der Waals surface area contributed by atoms with Crippen LogP contribution in [0.4, 0.5) is 4.39 Å². The molecule has 0 saturated heterocycles. The van der Waals surface area contributed by atoms with Crippen LogP contribution < -0.4 is 0 Å². The number of nitrogens with zero attached hydrogens (tertiary/aromatic N) is 1. The molecule has 1 aromatic heterocycles. The molecule has 20 heavy (non-hydrogen) atoms. The van der Waals surface area contributed by atoms with Gasteiger partial charge in [-0.1, -0.05) is 18.2 Å². The Morgan fingerprint density at radius 2 is 2.00 bits per heavy atom. The van der Waals surface area contributed by atoms with Crippen LogP contribution in [-0.4, -0.2) is 15.6 Å². The van der Waals surface area contributed by atoms with E-state index in [9.17, 15) is 9.18 Å². The molecule has 1 heterocycles. The smallest absolute Gasteiger partial charge is 0.335 e. The molecular weight excluding hydrogens is 257 g/mol. The summed E-state index contributed by atoms with van der Waals surface area (Å²) in [6.45, 7) is 0.504. The van der Waals surface area contributed by atoms with E-state index in [0.717, 1.165) is 16.5 Å². The Morgan fingerprint density at radius 3 is 2.75 bits per heavy atom. The first-order chi connectivity index (χ1) is 9.63. The van der Waals surface area contributed by atoms with Gasteiger partial charge in [0.15, 0.2) is 0 Å². The van der Waals surface area contributed by atoms with E-state index in [1.807, 2.05) is 22.9 Å². The Labute approximate surface area is 114 Å². The molecule has 0 spiro atoms. The number of carboxylic acid groups (broad SMARTS) is 1. The Morgan fingerprint density at radius 1 is 1.15 bits per heavy atom. The molecule has 0 aliphatic rings. The minimum Gasteiger partial charge on any atom is -0.478 e. The number of fused-ring (bicyclic) bond motifs is 1. The van der Waals surface area contributed by atoms with Crippen LogP contribution in [0.5, 0.6) is 0 Å². The third-order valence-corrected chi connectivity index (χ3v) is 3.26. The average Bonchev–Trinajstić information content (AvgIpc) is 2.81. The van der Waals surface area contributed by atoms with E-state index in [-0.39, 0.29) is 11.4 Å². The van der Waals surface area contributed by atoms with Crippen LogP contribution in [-0.2, 0) is 6.54 Å². The zero-order valence-corrected chi connectivity index (χ0v) is 10.6. The summed E-state index contributed by atoms with van der Waals surface area (Å²) in [5.41, 5.74) is 1.91. The summed E-state index contributed by atoms with van der Waals surface area (Å²) in [6, 6.07) is 13.3.